The van der Waals surface area contributed by atoms with Crippen molar-refractivity contribution < 1.29 is 18.3 Å². The number of ether oxygens (including phenoxy) is 1. The van der Waals surface area contributed by atoms with Crippen LogP contribution in [0.1, 0.15) is 26.2 Å². The van der Waals surface area contributed by atoms with Crippen LogP contribution in [0, 0.1) is 11.6 Å². The molecule has 0 aliphatic carbocycles. The lowest BCUT2D eigenvalue weighted by Crippen LogP contribution is -2.49. The predicted molar refractivity (Wildman–Crippen MR) is 67.5 cm³/mol. The summed E-state index contributed by atoms with van der Waals surface area (Å²) in [4.78, 5) is 11.0. The summed E-state index contributed by atoms with van der Waals surface area (Å²) in [5.41, 5.74) is 9.75. The van der Waals surface area contributed by atoms with Gasteiger partial charge in [0.05, 0.1) is 12.1 Å². The molecule has 0 saturated carbocycles. The molecule has 1 aromatic rings. The quantitative estimate of drug-likeness (QED) is 0.742. The van der Waals surface area contributed by atoms with Crippen molar-refractivity contribution in [3.05, 3.63) is 29.8 Å². The molecule has 1 amide bonds. The van der Waals surface area contributed by atoms with Crippen molar-refractivity contribution in [2.24, 2.45) is 11.5 Å². The average Bonchev–Trinajstić information content (AvgIpc) is 2.32. The molecule has 0 aliphatic rings. The molecule has 1 rings (SSSR count). The molecule has 1 aromatic carbocycles. The first-order valence-electron chi connectivity index (χ1n) is 5.99. The number of hydrogen-bond donors (Lipinski definition) is 2. The summed E-state index contributed by atoms with van der Waals surface area (Å²) in [5, 5.41) is 0. The minimum Gasteiger partial charge on any atom is -0.490 e. The molecular weight excluding hydrogens is 254 g/mol. The lowest BCUT2D eigenvalue weighted by atomic mass is 9.96. The molecule has 0 radical (unpaired) electrons. The molecular formula is C13H18F2N2O2. The van der Waals surface area contributed by atoms with Gasteiger partial charge < -0.3 is 16.2 Å². The highest BCUT2D eigenvalue weighted by Crippen LogP contribution is 2.18. The molecule has 1 atom stereocenters. The maximum atomic E-state index is 13.2. The number of hydrogen-bond acceptors (Lipinski definition) is 3. The van der Waals surface area contributed by atoms with Gasteiger partial charge in [-0.1, -0.05) is 0 Å². The molecule has 1 unspecified atom stereocenters. The third-order valence-corrected chi connectivity index (χ3v) is 2.80. The Hall–Kier alpha value is -1.69. The van der Waals surface area contributed by atoms with Crippen LogP contribution in [-0.4, -0.2) is 18.1 Å². The van der Waals surface area contributed by atoms with Crippen LogP contribution < -0.4 is 16.2 Å². The van der Waals surface area contributed by atoms with Gasteiger partial charge in [0.25, 0.3) is 0 Å². The average molecular weight is 272 g/mol. The van der Waals surface area contributed by atoms with E-state index in [4.69, 9.17) is 16.2 Å². The second kappa shape index (κ2) is 6.47. The summed E-state index contributed by atoms with van der Waals surface area (Å²) in [6, 6.07) is 3.02. The van der Waals surface area contributed by atoms with E-state index < -0.39 is 23.1 Å². The van der Waals surface area contributed by atoms with E-state index in [2.05, 4.69) is 0 Å². The first-order valence-corrected chi connectivity index (χ1v) is 5.99. The second-order valence-electron chi connectivity index (χ2n) is 4.66. The molecule has 19 heavy (non-hydrogen) atoms. The number of nitrogens with two attached hydrogens (primary N) is 2. The van der Waals surface area contributed by atoms with Crippen LogP contribution in [0.3, 0.4) is 0 Å². The SMILES string of the molecule is CC(N)(CCCCOc1cc(F)ccc1F)C(N)=O. The number of unbranched alkanes of at least 4 members (excludes halogenated alkanes) is 1. The van der Waals surface area contributed by atoms with Gasteiger partial charge in [0.15, 0.2) is 11.6 Å². The smallest absolute Gasteiger partial charge is 0.237 e. The van der Waals surface area contributed by atoms with Gasteiger partial charge in [0.2, 0.25) is 5.91 Å². The number of primary amides is 1. The van der Waals surface area contributed by atoms with E-state index in [0.717, 1.165) is 18.2 Å². The summed E-state index contributed by atoms with van der Waals surface area (Å²) in [6.45, 7) is 1.78. The molecule has 0 bridgehead atoms. The lowest BCUT2D eigenvalue weighted by molar-refractivity contribution is -0.122. The van der Waals surface area contributed by atoms with E-state index in [0.29, 0.717) is 19.3 Å². The fourth-order valence-electron chi connectivity index (χ4n) is 1.49. The summed E-state index contributed by atoms with van der Waals surface area (Å²) in [7, 11) is 0. The van der Waals surface area contributed by atoms with E-state index in [9.17, 15) is 13.6 Å². The second-order valence-corrected chi connectivity index (χ2v) is 4.66. The third-order valence-electron chi connectivity index (χ3n) is 2.80. The molecule has 4 N–H and O–H groups in total. The monoisotopic (exact) mass is 272 g/mol. The van der Waals surface area contributed by atoms with Crippen LogP contribution in [0.25, 0.3) is 0 Å². The molecule has 6 heteroatoms. The fourth-order valence-corrected chi connectivity index (χ4v) is 1.49. The van der Waals surface area contributed by atoms with Crippen molar-refractivity contribution in [3.8, 4) is 5.75 Å². The lowest BCUT2D eigenvalue weighted by Gasteiger charge is -2.19. The van der Waals surface area contributed by atoms with Crippen molar-refractivity contribution in [2.75, 3.05) is 6.61 Å². The minimum absolute atomic E-state index is 0.120. The van der Waals surface area contributed by atoms with Gasteiger partial charge in [-0.05, 0) is 38.3 Å². The van der Waals surface area contributed by atoms with Crippen LogP contribution in [-0.2, 0) is 4.79 Å². The number of carbonyl (C=O) groups excluding carboxylic acids is 1. The van der Waals surface area contributed by atoms with Crippen molar-refractivity contribution in [2.45, 2.75) is 31.7 Å². The zero-order chi connectivity index (χ0) is 14.5. The van der Waals surface area contributed by atoms with Gasteiger partial charge in [-0.25, -0.2) is 8.78 Å². The minimum atomic E-state index is -1.05. The normalized spacial score (nSPS) is 13.9. The molecule has 0 aliphatic heterocycles. The van der Waals surface area contributed by atoms with Gasteiger partial charge in [-0.3, -0.25) is 4.79 Å². The first-order chi connectivity index (χ1) is 8.83. The molecule has 0 fully saturated rings. The Kier molecular flexibility index (Phi) is 5.23. The summed E-state index contributed by atoms with van der Waals surface area (Å²) in [6.07, 6.45) is 1.58. The highest BCUT2D eigenvalue weighted by atomic mass is 19.1. The van der Waals surface area contributed by atoms with Gasteiger partial charge in [0.1, 0.15) is 5.82 Å². The van der Waals surface area contributed by atoms with Crippen LogP contribution in [0.5, 0.6) is 5.75 Å². The molecule has 0 spiro atoms. The van der Waals surface area contributed by atoms with Crippen molar-refractivity contribution in [1.82, 2.24) is 0 Å². The first kappa shape index (κ1) is 15.4. The zero-order valence-corrected chi connectivity index (χ0v) is 10.8. The van der Waals surface area contributed by atoms with Crippen LogP contribution in [0.2, 0.25) is 0 Å². The number of amides is 1. The topological polar surface area (TPSA) is 78.3 Å². The van der Waals surface area contributed by atoms with E-state index in [1.807, 2.05) is 0 Å². The van der Waals surface area contributed by atoms with Crippen molar-refractivity contribution >= 4 is 5.91 Å². The van der Waals surface area contributed by atoms with Crippen molar-refractivity contribution in [3.63, 3.8) is 0 Å². The Bertz CT molecular complexity index is 450. The maximum absolute atomic E-state index is 13.2. The summed E-state index contributed by atoms with van der Waals surface area (Å²) >= 11 is 0. The molecule has 0 aromatic heterocycles. The van der Waals surface area contributed by atoms with E-state index in [-0.39, 0.29) is 12.4 Å². The molecule has 0 saturated heterocycles. The van der Waals surface area contributed by atoms with Crippen LogP contribution >= 0.6 is 0 Å². The number of rotatable bonds is 7. The van der Waals surface area contributed by atoms with Crippen LogP contribution in [0.15, 0.2) is 18.2 Å². The molecule has 106 valence electrons. The Labute approximate surface area is 110 Å². The van der Waals surface area contributed by atoms with Gasteiger partial charge in [0, 0.05) is 6.07 Å². The fraction of sp³-hybridized carbons (Fsp3) is 0.462. The zero-order valence-electron chi connectivity index (χ0n) is 10.8. The largest absolute Gasteiger partial charge is 0.490 e. The Balaban J connectivity index is 2.32. The number of halogens is 2. The number of benzene rings is 1. The Morgan fingerprint density at radius 2 is 2.05 bits per heavy atom. The van der Waals surface area contributed by atoms with Crippen LogP contribution in [0.4, 0.5) is 8.78 Å². The Morgan fingerprint density at radius 1 is 1.37 bits per heavy atom. The molecule has 4 nitrogen and oxygen atoms in total. The van der Waals surface area contributed by atoms with Gasteiger partial charge in [-0.15, -0.1) is 0 Å². The van der Waals surface area contributed by atoms with E-state index in [1.165, 1.54) is 0 Å². The molecule has 0 heterocycles. The third kappa shape index (κ3) is 4.82. The van der Waals surface area contributed by atoms with E-state index in [1.54, 1.807) is 6.92 Å². The maximum Gasteiger partial charge on any atom is 0.237 e. The number of carbonyl (C=O) groups is 1. The standard InChI is InChI=1S/C13H18F2N2O2/c1-13(17,12(16)18)6-2-3-7-19-11-8-9(14)4-5-10(11)15/h4-5,8H,2-3,6-7,17H2,1H3,(H2,16,18). The van der Waals surface area contributed by atoms with E-state index >= 15 is 0 Å². The Morgan fingerprint density at radius 3 is 2.68 bits per heavy atom. The highest BCUT2D eigenvalue weighted by Gasteiger charge is 2.24. The predicted octanol–water partition coefficient (Wildman–Crippen LogP) is 1.72. The summed E-state index contributed by atoms with van der Waals surface area (Å²) < 4.78 is 31.2. The van der Waals surface area contributed by atoms with Gasteiger partial charge in [-0.2, -0.15) is 0 Å². The summed E-state index contributed by atoms with van der Waals surface area (Å²) in [5.74, 6) is -1.85. The highest BCUT2D eigenvalue weighted by molar-refractivity contribution is 5.83. The van der Waals surface area contributed by atoms with Gasteiger partial charge >= 0.3 is 0 Å². The van der Waals surface area contributed by atoms with Crippen molar-refractivity contribution in [1.29, 1.82) is 0 Å².